The molecule has 1 atom stereocenters. The monoisotopic (exact) mass is 458 g/mol. The minimum atomic E-state index is -0.589. The molecule has 0 bridgehead atoms. The number of aromatic nitrogens is 3. The van der Waals surface area contributed by atoms with Crippen molar-refractivity contribution in [1.82, 2.24) is 14.8 Å². The Morgan fingerprint density at radius 3 is 2.45 bits per heavy atom. The van der Waals surface area contributed by atoms with Crippen molar-refractivity contribution in [2.24, 2.45) is 0 Å². The number of thioether (sulfide) groups is 1. The van der Waals surface area contributed by atoms with Crippen molar-refractivity contribution in [2.75, 3.05) is 12.4 Å². The average molecular weight is 459 g/mol. The van der Waals surface area contributed by atoms with Crippen molar-refractivity contribution in [3.63, 3.8) is 0 Å². The predicted molar refractivity (Wildman–Crippen MR) is 128 cm³/mol. The molecule has 0 aliphatic carbocycles. The molecule has 166 valence electrons. The van der Waals surface area contributed by atoms with Crippen molar-refractivity contribution in [3.8, 4) is 11.4 Å². The Morgan fingerprint density at radius 1 is 1.00 bits per heavy atom. The standard InChI is InChI=1S/C25H22N4O3S/c1-17(30)19-9-6-10-20(15-19)27-24(31)23(18-7-4-3-5-8-18)33-25-28-26-16-29(25)21-11-13-22(32-2)14-12-21/h3-16,23H,1-2H3,(H,27,31)/t23-/m1/s1. The fraction of sp³-hybridized carbons (Fsp3) is 0.120. The summed E-state index contributed by atoms with van der Waals surface area (Å²) in [5, 5.41) is 11.2. The largest absolute Gasteiger partial charge is 0.497 e. The van der Waals surface area contributed by atoms with Crippen LogP contribution < -0.4 is 10.1 Å². The number of carbonyl (C=O) groups is 2. The van der Waals surface area contributed by atoms with E-state index in [-0.39, 0.29) is 11.7 Å². The Kier molecular flexibility index (Phi) is 6.85. The molecule has 33 heavy (non-hydrogen) atoms. The Hall–Kier alpha value is -3.91. The molecular weight excluding hydrogens is 436 g/mol. The third-order valence-electron chi connectivity index (χ3n) is 4.97. The summed E-state index contributed by atoms with van der Waals surface area (Å²) in [6.45, 7) is 1.50. The van der Waals surface area contributed by atoms with Crippen LogP contribution in [0.25, 0.3) is 5.69 Å². The van der Waals surface area contributed by atoms with Crippen molar-refractivity contribution < 1.29 is 14.3 Å². The maximum Gasteiger partial charge on any atom is 0.242 e. The van der Waals surface area contributed by atoms with Crippen LogP contribution in [0.5, 0.6) is 5.75 Å². The molecule has 8 heteroatoms. The zero-order valence-corrected chi connectivity index (χ0v) is 19.0. The first kappa shape index (κ1) is 22.3. The van der Waals surface area contributed by atoms with E-state index in [1.54, 1.807) is 37.7 Å². The number of hydrogen-bond acceptors (Lipinski definition) is 6. The van der Waals surface area contributed by atoms with E-state index in [2.05, 4.69) is 15.5 Å². The number of ether oxygens (including phenoxy) is 1. The molecule has 1 aromatic heterocycles. The lowest BCUT2D eigenvalue weighted by Gasteiger charge is -2.17. The number of benzene rings is 3. The number of nitrogens with one attached hydrogen (secondary N) is 1. The molecule has 7 nitrogen and oxygen atoms in total. The maximum absolute atomic E-state index is 13.4. The summed E-state index contributed by atoms with van der Waals surface area (Å²) in [5.41, 5.74) is 2.78. The van der Waals surface area contributed by atoms with Crippen LogP contribution in [-0.2, 0) is 4.79 Å². The van der Waals surface area contributed by atoms with Crippen LogP contribution in [-0.4, -0.2) is 33.6 Å². The minimum Gasteiger partial charge on any atom is -0.497 e. The highest BCUT2D eigenvalue weighted by atomic mass is 32.2. The second kappa shape index (κ2) is 10.1. The van der Waals surface area contributed by atoms with Gasteiger partial charge in [-0.1, -0.05) is 54.2 Å². The zero-order valence-electron chi connectivity index (χ0n) is 18.1. The topological polar surface area (TPSA) is 86.1 Å². The predicted octanol–water partition coefficient (Wildman–Crippen LogP) is 4.95. The van der Waals surface area contributed by atoms with E-state index in [1.807, 2.05) is 59.2 Å². The Bertz CT molecular complexity index is 1260. The molecule has 1 heterocycles. The van der Waals surface area contributed by atoms with Crippen molar-refractivity contribution in [2.45, 2.75) is 17.3 Å². The highest BCUT2D eigenvalue weighted by molar-refractivity contribution is 8.00. The van der Waals surface area contributed by atoms with Gasteiger partial charge in [0.2, 0.25) is 5.91 Å². The van der Waals surface area contributed by atoms with Crippen LogP contribution in [0, 0.1) is 0 Å². The first-order valence-electron chi connectivity index (χ1n) is 10.2. The second-order valence-corrected chi connectivity index (χ2v) is 8.29. The van der Waals surface area contributed by atoms with Crippen LogP contribution in [0.2, 0.25) is 0 Å². The number of methoxy groups -OCH3 is 1. The van der Waals surface area contributed by atoms with Crippen molar-refractivity contribution in [3.05, 3.63) is 96.3 Å². The van der Waals surface area contributed by atoms with E-state index in [0.717, 1.165) is 17.0 Å². The van der Waals surface area contributed by atoms with Crippen molar-refractivity contribution in [1.29, 1.82) is 0 Å². The summed E-state index contributed by atoms with van der Waals surface area (Å²) in [4.78, 5) is 25.1. The average Bonchev–Trinajstić information content (AvgIpc) is 3.31. The summed E-state index contributed by atoms with van der Waals surface area (Å²) in [7, 11) is 1.62. The van der Waals surface area contributed by atoms with E-state index in [0.29, 0.717) is 16.4 Å². The maximum atomic E-state index is 13.4. The van der Waals surface area contributed by atoms with E-state index < -0.39 is 5.25 Å². The van der Waals surface area contributed by atoms with Gasteiger partial charge in [0.1, 0.15) is 17.3 Å². The number of nitrogens with zero attached hydrogens (tertiary/aromatic N) is 3. The van der Waals surface area contributed by atoms with Crippen LogP contribution in [0.3, 0.4) is 0 Å². The normalized spacial score (nSPS) is 11.6. The quantitative estimate of drug-likeness (QED) is 0.297. The second-order valence-electron chi connectivity index (χ2n) is 7.22. The molecule has 3 aromatic carbocycles. The molecule has 0 spiro atoms. The van der Waals surface area contributed by atoms with Crippen LogP contribution >= 0.6 is 11.8 Å². The molecule has 4 rings (SSSR count). The molecular formula is C25H22N4O3S. The lowest BCUT2D eigenvalue weighted by molar-refractivity contribution is -0.115. The summed E-state index contributed by atoms with van der Waals surface area (Å²) >= 11 is 1.30. The van der Waals surface area contributed by atoms with Gasteiger partial charge in [0, 0.05) is 16.9 Å². The van der Waals surface area contributed by atoms with Gasteiger partial charge < -0.3 is 10.1 Å². The number of ketones is 1. The summed E-state index contributed by atoms with van der Waals surface area (Å²) in [6.07, 6.45) is 1.61. The molecule has 0 radical (unpaired) electrons. The summed E-state index contributed by atoms with van der Waals surface area (Å²) in [6, 6.07) is 23.9. The Morgan fingerprint density at radius 2 is 1.76 bits per heavy atom. The smallest absolute Gasteiger partial charge is 0.242 e. The fourth-order valence-corrected chi connectivity index (χ4v) is 4.29. The lowest BCUT2D eigenvalue weighted by atomic mass is 10.1. The molecule has 0 aliphatic heterocycles. The third-order valence-corrected chi connectivity index (χ3v) is 6.18. The molecule has 0 aliphatic rings. The molecule has 0 fully saturated rings. The minimum absolute atomic E-state index is 0.0623. The van der Waals surface area contributed by atoms with Crippen LogP contribution in [0.4, 0.5) is 5.69 Å². The van der Waals surface area contributed by atoms with Gasteiger partial charge in [-0.2, -0.15) is 0 Å². The molecule has 1 amide bonds. The highest BCUT2D eigenvalue weighted by Crippen LogP contribution is 2.36. The molecule has 0 saturated carbocycles. The van der Waals surface area contributed by atoms with E-state index >= 15 is 0 Å². The van der Waals surface area contributed by atoms with E-state index in [9.17, 15) is 9.59 Å². The number of anilines is 1. The van der Waals surface area contributed by atoms with Crippen LogP contribution in [0.15, 0.2) is 90.3 Å². The fourth-order valence-electron chi connectivity index (χ4n) is 3.25. The highest BCUT2D eigenvalue weighted by Gasteiger charge is 2.25. The molecule has 4 aromatic rings. The molecule has 1 N–H and O–H groups in total. The Balaban J connectivity index is 1.63. The number of Topliss-reactive ketones (excluding diaryl/α,β-unsaturated/α-hetero) is 1. The first-order chi connectivity index (χ1) is 16.0. The van der Waals surface area contributed by atoms with Gasteiger partial charge in [-0.15, -0.1) is 10.2 Å². The SMILES string of the molecule is COc1ccc(-n2cnnc2S[C@@H](C(=O)Nc2cccc(C(C)=O)c2)c2ccccc2)cc1. The van der Waals surface area contributed by atoms with Gasteiger partial charge >= 0.3 is 0 Å². The summed E-state index contributed by atoms with van der Waals surface area (Å²) < 4.78 is 7.05. The van der Waals surface area contributed by atoms with Gasteiger partial charge in [-0.05, 0) is 48.9 Å². The number of rotatable bonds is 8. The lowest BCUT2D eigenvalue weighted by Crippen LogP contribution is -2.19. The summed E-state index contributed by atoms with van der Waals surface area (Å²) in [5.74, 6) is 0.458. The first-order valence-corrected chi connectivity index (χ1v) is 11.1. The number of carbonyl (C=O) groups excluding carboxylic acids is 2. The van der Waals surface area contributed by atoms with Crippen molar-refractivity contribution >= 4 is 29.1 Å². The Labute approximate surface area is 195 Å². The third kappa shape index (κ3) is 5.30. The van der Waals surface area contributed by atoms with Gasteiger partial charge in [0.15, 0.2) is 10.9 Å². The van der Waals surface area contributed by atoms with Gasteiger partial charge in [0.05, 0.1) is 7.11 Å². The zero-order chi connectivity index (χ0) is 23.2. The van der Waals surface area contributed by atoms with E-state index in [4.69, 9.17) is 4.74 Å². The van der Waals surface area contributed by atoms with Gasteiger partial charge in [-0.25, -0.2) is 0 Å². The molecule has 0 unspecified atom stereocenters. The number of hydrogen-bond donors (Lipinski definition) is 1. The number of amides is 1. The van der Waals surface area contributed by atoms with Crippen LogP contribution in [0.1, 0.15) is 28.1 Å². The molecule has 0 saturated heterocycles. The van der Waals surface area contributed by atoms with E-state index in [1.165, 1.54) is 18.7 Å². The van der Waals surface area contributed by atoms with Gasteiger partial charge in [0.25, 0.3) is 0 Å². The van der Waals surface area contributed by atoms with Gasteiger partial charge in [-0.3, -0.25) is 14.2 Å².